The maximum absolute atomic E-state index is 13.4. The molecule has 0 bridgehead atoms. The predicted octanol–water partition coefficient (Wildman–Crippen LogP) is 7.22. The molecule has 0 saturated heterocycles. The first-order valence-electron chi connectivity index (χ1n) is 13.4. The van der Waals surface area contributed by atoms with Crippen molar-refractivity contribution in [3.63, 3.8) is 0 Å². The van der Waals surface area contributed by atoms with Crippen molar-refractivity contribution in [2.45, 2.75) is 37.3 Å². The number of aryl methyl sites for hydroxylation is 2. The molecule has 7 heteroatoms. The number of carbonyl (C=O) groups is 3. The molecule has 41 heavy (non-hydrogen) atoms. The molecule has 1 atom stereocenters. The summed E-state index contributed by atoms with van der Waals surface area (Å²) in [5.74, 6) is -0.916. The van der Waals surface area contributed by atoms with E-state index in [1.165, 1.54) is 11.8 Å². The topological polar surface area (TPSA) is 87.3 Å². The fraction of sp³-hybridized carbons (Fsp3) is 0.147. The van der Waals surface area contributed by atoms with Crippen LogP contribution in [-0.2, 0) is 9.59 Å². The van der Waals surface area contributed by atoms with Crippen LogP contribution in [0.2, 0.25) is 0 Å². The summed E-state index contributed by atoms with van der Waals surface area (Å²) in [4.78, 5) is 40.2. The molecule has 4 aromatic rings. The fourth-order valence-electron chi connectivity index (χ4n) is 4.15. The molecule has 0 heterocycles. The first kappa shape index (κ1) is 29.4. The van der Waals surface area contributed by atoms with Gasteiger partial charge in [0.05, 0.1) is 5.25 Å². The number of nitrogens with one attached hydrogen (secondary N) is 3. The minimum absolute atomic E-state index is 0.0791. The van der Waals surface area contributed by atoms with E-state index in [2.05, 4.69) is 16.0 Å². The van der Waals surface area contributed by atoms with Crippen LogP contribution in [0.3, 0.4) is 0 Å². The first-order valence-corrected chi connectivity index (χ1v) is 14.3. The lowest BCUT2D eigenvalue weighted by Crippen LogP contribution is -2.30. The molecule has 0 aliphatic carbocycles. The van der Waals surface area contributed by atoms with E-state index >= 15 is 0 Å². The van der Waals surface area contributed by atoms with Crippen molar-refractivity contribution in [1.29, 1.82) is 0 Å². The Morgan fingerprint density at radius 1 is 0.756 bits per heavy atom. The van der Waals surface area contributed by atoms with Gasteiger partial charge >= 0.3 is 0 Å². The molecule has 0 aromatic heterocycles. The van der Waals surface area contributed by atoms with Crippen LogP contribution in [0.15, 0.2) is 114 Å². The SMILES string of the molecule is CCC(Sc1cccc(NC(=O)/C(=C\c2cccc(C)c2)NC(=O)c2ccccc2)c1)C(=O)Nc1cccc(C)c1. The van der Waals surface area contributed by atoms with Crippen LogP contribution in [0, 0.1) is 13.8 Å². The third kappa shape index (κ3) is 8.68. The first-order chi connectivity index (χ1) is 19.8. The molecule has 3 amide bonds. The normalized spacial score (nSPS) is 11.8. The molecule has 4 aromatic carbocycles. The largest absolute Gasteiger partial charge is 0.325 e. The standard InChI is InChI=1S/C34H33N3O3S/c1-4-31(34(40)36-27-16-9-12-24(3)20-27)41-29-18-10-17-28(22-29)35-33(39)30(21-25-13-8-11-23(2)19-25)37-32(38)26-14-6-5-7-15-26/h5-22,31H,4H2,1-3H3,(H,35,39)(H,36,40)(H,37,38)/b30-21+. The second kappa shape index (κ2) is 14.1. The molecule has 208 valence electrons. The van der Waals surface area contributed by atoms with Gasteiger partial charge in [-0.05, 0) is 79.9 Å². The Morgan fingerprint density at radius 2 is 1.41 bits per heavy atom. The Hall–Kier alpha value is -4.62. The van der Waals surface area contributed by atoms with Gasteiger partial charge < -0.3 is 16.0 Å². The van der Waals surface area contributed by atoms with Crippen molar-refractivity contribution < 1.29 is 14.4 Å². The molecule has 0 saturated carbocycles. The average molecular weight is 564 g/mol. The zero-order valence-electron chi connectivity index (χ0n) is 23.3. The summed E-state index contributed by atoms with van der Waals surface area (Å²) >= 11 is 1.43. The Morgan fingerprint density at radius 3 is 2.10 bits per heavy atom. The van der Waals surface area contributed by atoms with Crippen molar-refractivity contribution in [3.05, 3.63) is 131 Å². The Kier molecular flexibility index (Phi) is 10.1. The minimum atomic E-state index is -0.456. The lowest BCUT2D eigenvalue weighted by molar-refractivity contribution is -0.116. The van der Waals surface area contributed by atoms with E-state index in [0.29, 0.717) is 17.7 Å². The second-order valence-corrected chi connectivity index (χ2v) is 10.9. The number of amides is 3. The third-order valence-electron chi connectivity index (χ3n) is 6.20. The molecule has 0 radical (unpaired) electrons. The Labute approximate surface area is 245 Å². The average Bonchev–Trinajstić information content (AvgIpc) is 2.96. The van der Waals surface area contributed by atoms with Crippen LogP contribution in [0.5, 0.6) is 0 Å². The highest BCUT2D eigenvalue weighted by atomic mass is 32.2. The molecule has 0 fully saturated rings. The van der Waals surface area contributed by atoms with Crippen LogP contribution in [0.1, 0.15) is 40.4 Å². The van der Waals surface area contributed by atoms with Crippen molar-refractivity contribution in [2.24, 2.45) is 0 Å². The quantitative estimate of drug-likeness (QED) is 0.140. The summed E-state index contributed by atoms with van der Waals surface area (Å²) in [6.07, 6.45) is 2.29. The van der Waals surface area contributed by atoms with Crippen LogP contribution in [-0.4, -0.2) is 23.0 Å². The number of anilines is 2. The highest BCUT2D eigenvalue weighted by Crippen LogP contribution is 2.29. The highest BCUT2D eigenvalue weighted by molar-refractivity contribution is 8.00. The van der Waals surface area contributed by atoms with Crippen molar-refractivity contribution in [1.82, 2.24) is 5.32 Å². The van der Waals surface area contributed by atoms with Gasteiger partial charge in [-0.1, -0.05) is 73.2 Å². The van der Waals surface area contributed by atoms with E-state index in [0.717, 1.165) is 27.3 Å². The number of carbonyl (C=O) groups excluding carboxylic acids is 3. The van der Waals surface area contributed by atoms with Gasteiger partial charge in [0.1, 0.15) is 5.70 Å². The smallest absolute Gasteiger partial charge is 0.272 e. The lowest BCUT2D eigenvalue weighted by Gasteiger charge is -2.16. The summed E-state index contributed by atoms with van der Waals surface area (Å²) in [6.45, 7) is 5.92. The summed E-state index contributed by atoms with van der Waals surface area (Å²) in [5.41, 5.74) is 4.78. The molecule has 4 rings (SSSR count). The van der Waals surface area contributed by atoms with Gasteiger partial charge in [-0.25, -0.2) is 0 Å². The van der Waals surface area contributed by atoms with Crippen molar-refractivity contribution in [2.75, 3.05) is 10.6 Å². The summed E-state index contributed by atoms with van der Waals surface area (Å²) in [7, 11) is 0. The molecule has 3 N–H and O–H groups in total. The number of rotatable bonds is 10. The predicted molar refractivity (Wildman–Crippen MR) is 168 cm³/mol. The zero-order chi connectivity index (χ0) is 29.2. The van der Waals surface area contributed by atoms with Gasteiger partial charge in [0.15, 0.2) is 0 Å². The van der Waals surface area contributed by atoms with Crippen LogP contribution in [0.4, 0.5) is 11.4 Å². The molecular formula is C34H33N3O3S. The zero-order valence-corrected chi connectivity index (χ0v) is 24.1. The maximum atomic E-state index is 13.4. The van der Waals surface area contributed by atoms with Gasteiger partial charge in [0.25, 0.3) is 11.8 Å². The monoisotopic (exact) mass is 563 g/mol. The molecule has 0 aliphatic rings. The third-order valence-corrected chi connectivity index (χ3v) is 7.56. The minimum Gasteiger partial charge on any atom is -0.325 e. The van der Waals surface area contributed by atoms with Gasteiger partial charge in [-0.3, -0.25) is 14.4 Å². The van der Waals surface area contributed by atoms with Gasteiger partial charge in [-0.15, -0.1) is 11.8 Å². The Balaban J connectivity index is 1.50. The summed E-state index contributed by atoms with van der Waals surface area (Å²) < 4.78 is 0. The number of benzene rings is 4. The second-order valence-electron chi connectivity index (χ2n) is 9.65. The van der Waals surface area contributed by atoms with E-state index in [-0.39, 0.29) is 22.8 Å². The summed E-state index contributed by atoms with van der Waals surface area (Å²) in [5, 5.41) is 8.36. The van der Waals surface area contributed by atoms with Crippen LogP contribution >= 0.6 is 11.8 Å². The highest BCUT2D eigenvalue weighted by Gasteiger charge is 2.19. The van der Waals surface area contributed by atoms with E-state index in [4.69, 9.17) is 0 Å². The van der Waals surface area contributed by atoms with Crippen molar-refractivity contribution >= 4 is 46.9 Å². The lowest BCUT2D eigenvalue weighted by atomic mass is 10.1. The van der Waals surface area contributed by atoms with Crippen LogP contribution in [0.25, 0.3) is 6.08 Å². The van der Waals surface area contributed by atoms with Gasteiger partial charge in [0.2, 0.25) is 5.91 Å². The number of hydrogen-bond donors (Lipinski definition) is 3. The molecule has 0 aliphatic heterocycles. The molecule has 1 unspecified atom stereocenters. The maximum Gasteiger partial charge on any atom is 0.272 e. The number of thioether (sulfide) groups is 1. The van der Waals surface area contributed by atoms with E-state index < -0.39 is 5.91 Å². The number of hydrogen-bond acceptors (Lipinski definition) is 4. The molecule has 0 spiro atoms. The van der Waals surface area contributed by atoms with E-state index in [1.807, 2.05) is 93.6 Å². The van der Waals surface area contributed by atoms with E-state index in [9.17, 15) is 14.4 Å². The van der Waals surface area contributed by atoms with Gasteiger partial charge in [0, 0.05) is 21.8 Å². The molecule has 6 nitrogen and oxygen atoms in total. The van der Waals surface area contributed by atoms with Gasteiger partial charge in [-0.2, -0.15) is 0 Å². The van der Waals surface area contributed by atoms with Crippen LogP contribution < -0.4 is 16.0 Å². The fourth-order valence-corrected chi connectivity index (χ4v) is 5.16. The van der Waals surface area contributed by atoms with Crippen molar-refractivity contribution in [3.8, 4) is 0 Å². The summed E-state index contributed by atoms with van der Waals surface area (Å²) in [6, 6.07) is 31.5. The molecular weight excluding hydrogens is 530 g/mol. The Bertz CT molecular complexity index is 1570. The van der Waals surface area contributed by atoms with E-state index in [1.54, 1.807) is 36.4 Å².